The molecular weight excluding hydrogens is 264 g/mol. The molecule has 1 aromatic heterocycles. The molecule has 21 heavy (non-hydrogen) atoms. The van der Waals surface area contributed by atoms with Gasteiger partial charge < -0.3 is 10.3 Å². The first kappa shape index (κ1) is 12.1. The summed E-state index contributed by atoms with van der Waals surface area (Å²) in [5.74, 6) is 0.323. The Morgan fingerprint density at radius 2 is 1.95 bits per heavy atom. The van der Waals surface area contributed by atoms with Crippen LogP contribution in [-0.2, 0) is 13.1 Å². The van der Waals surface area contributed by atoms with Crippen LogP contribution in [0, 0.1) is 0 Å². The Morgan fingerprint density at radius 3 is 2.86 bits per heavy atom. The van der Waals surface area contributed by atoms with Gasteiger partial charge in [-0.3, -0.25) is 10.1 Å². The van der Waals surface area contributed by atoms with E-state index in [4.69, 9.17) is 0 Å². The van der Waals surface area contributed by atoms with Gasteiger partial charge in [-0.15, -0.1) is 0 Å². The predicted octanol–water partition coefficient (Wildman–Crippen LogP) is 2.42. The summed E-state index contributed by atoms with van der Waals surface area (Å²) >= 11 is 0. The number of amides is 1. The van der Waals surface area contributed by atoms with Crippen LogP contribution in [0.5, 0.6) is 0 Å². The number of rotatable bonds is 2. The van der Waals surface area contributed by atoms with Crippen LogP contribution < -0.4 is 10.6 Å². The number of hydrogen-bond acceptors (Lipinski definition) is 3. The van der Waals surface area contributed by atoms with Gasteiger partial charge in [0, 0.05) is 18.7 Å². The summed E-state index contributed by atoms with van der Waals surface area (Å²) < 4.78 is 0. The zero-order valence-electron chi connectivity index (χ0n) is 11.3. The summed E-state index contributed by atoms with van der Waals surface area (Å²) in [6, 6.07) is 13.5. The van der Waals surface area contributed by atoms with Gasteiger partial charge in [-0.1, -0.05) is 18.2 Å². The Morgan fingerprint density at radius 1 is 1.10 bits per heavy atom. The highest BCUT2D eigenvalue weighted by Gasteiger charge is 2.14. The normalized spacial score (nSPS) is 13.3. The van der Waals surface area contributed by atoms with Crippen LogP contribution in [0.15, 0.2) is 42.5 Å². The highest BCUT2D eigenvalue weighted by molar-refractivity contribution is 6.04. The maximum Gasteiger partial charge on any atom is 0.257 e. The van der Waals surface area contributed by atoms with Gasteiger partial charge >= 0.3 is 0 Å². The average Bonchev–Trinajstić information content (AvgIpc) is 3.11. The number of aromatic amines is 1. The summed E-state index contributed by atoms with van der Waals surface area (Å²) in [7, 11) is 0. The number of para-hydroxylation sites is 2. The molecule has 0 spiro atoms. The fourth-order valence-corrected chi connectivity index (χ4v) is 2.63. The lowest BCUT2D eigenvalue weighted by Crippen LogP contribution is -2.13. The van der Waals surface area contributed by atoms with E-state index in [-0.39, 0.29) is 5.91 Å². The number of carbonyl (C=O) groups excluding carboxylic acids is 1. The molecular formula is C16H14N4O. The molecule has 5 nitrogen and oxygen atoms in total. The number of fused-ring (bicyclic) bond motifs is 2. The zero-order chi connectivity index (χ0) is 14.2. The third kappa shape index (κ3) is 2.17. The van der Waals surface area contributed by atoms with Gasteiger partial charge in [-0.05, 0) is 35.4 Å². The third-order valence-electron chi connectivity index (χ3n) is 3.72. The molecule has 0 saturated carbocycles. The van der Waals surface area contributed by atoms with Crippen molar-refractivity contribution >= 4 is 22.9 Å². The fraction of sp³-hybridized carbons (Fsp3) is 0.125. The first-order valence-corrected chi connectivity index (χ1v) is 6.88. The maximum absolute atomic E-state index is 12.3. The molecule has 0 aliphatic carbocycles. The van der Waals surface area contributed by atoms with Gasteiger partial charge in [-0.2, -0.15) is 0 Å². The monoisotopic (exact) mass is 278 g/mol. The van der Waals surface area contributed by atoms with Crippen LogP contribution in [0.2, 0.25) is 0 Å². The van der Waals surface area contributed by atoms with Crippen molar-refractivity contribution in [1.82, 2.24) is 15.3 Å². The minimum absolute atomic E-state index is 0.149. The third-order valence-corrected chi connectivity index (χ3v) is 3.72. The second kappa shape index (κ2) is 4.71. The molecule has 1 aliphatic rings. The molecule has 0 radical (unpaired) electrons. The van der Waals surface area contributed by atoms with Crippen LogP contribution in [0.3, 0.4) is 0 Å². The van der Waals surface area contributed by atoms with Gasteiger partial charge in [0.2, 0.25) is 5.95 Å². The molecule has 104 valence electrons. The van der Waals surface area contributed by atoms with Crippen molar-refractivity contribution in [2.24, 2.45) is 0 Å². The number of hydrogen-bond donors (Lipinski definition) is 3. The van der Waals surface area contributed by atoms with Gasteiger partial charge in [0.1, 0.15) is 0 Å². The second-order valence-electron chi connectivity index (χ2n) is 5.14. The van der Waals surface area contributed by atoms with E-state index in [1.165, 1.54) is 11.1 Å². The molecule has 1 aliphatic heterocycles. The standard InChI is InChI=1S/C16H14N4O/c21-15(10-5-6-11-8-17-9-12(11)7-10)20-16-18-13-3-1-2-4-14(13)19-16/h1-7,17H,8-9H2,(H2,18,19,20,21). The summed E-state index contributed by atoms with van der Waals surface area (Å²) in [5, 5.41) is 6.08. The van der Waals surface area contributed by atoms with Crippen LogP contribution in [0.25, 0.3) is 11.0 Å². The second-order valence-corrected chi connectivity index (χ2v) is 5.14. The lowest BCUT2D eigenvalue weighted by atomic mass is 10.1. The minimum Gasteiger partial charge on any atom is -0.324 e. The summed E-state index contributed by atoms with van der Waals surface area (Å²) in [4.78, 5) is 19.7. The Hall–Kier alpha value is -2.66. The van der Waals surface area contributed by atoms with Crippen LogP contribution in [0.4, 0.5) is 5.95 Å². The van der Waals surface area contributed by atoms with Crippen molar-refractivity contribution in [3.63, 3.8) is 0 Å². The number of nitrogens with zero attached hydrogens (tertiary/aromatic N) is 1. The summed E-state index contributed by atoms with van der Waals surface area (Å²) in [6.07, 6.45) is 0. The topological polar surface area (TPSA) is 69.8 Å². The van der Waals surface area contributed by atoms with Crippen LogP contribution in [-0.4, -0.2) is 15.9 Å². The van der Waals surface area contributed by atoms with Crippen LogP contribution in [0.1, 0.15) is 21.5 Å². The summed E-state index contributed by atoms with van der Waals surface area (Å²) in [5.41, 5.74) is 4.84. The van der Waals surface area contributed by atoms with E-state index in [1.807, 2.05) is 42.5 Å². The molecule has 3 N–H and O–H groups in total. The molecule has 2 aromatic carbocycles. The van der Waals surface area contributed by atoms with Gasteiger partial charge in [-0.25, -0.2) is 4.98 Å². The van der Waals surface area contributed by atoms with E-state index in [0.29, 0.717) is 11.5 Å². The number of aromatic nitrogens is 2. The van der Waals surface area contributed by atoms with Gasteiger partial charge in [0.15, 0.2) is 0 Å². The van der Waals surface area contributed by atoms with Crippen molar-refractivity contribution < 1.29 is 4.79 Å². The molecule has 0 saturated heterocycles. The van der Waals surface area contributed by atoms with Crippen molar-refractivity contribution in [3.8, 4) is 0 Å². The molecule has 0 atom stereocenters. The molecule has 3 aromatic rings. The first-order chi connectivity index (χ1) is 10.3. The quantitative estimate of drug-likeness (QED) is 0.674. The predicted molar refractivity (Wildman–Crippen MR) is 81.0 cm³/mol. The number of carbonyl (C=O) groups is 1. The van der Waals surface area contributed by atoms with E-state index in [1.54, 1.807) is 0 Å². The minimum atomic E-state index is -0.149. The number of benzene rings is 2. The first-order valence-electron chi connectivity index (χ1n) is 6.88. The molecule has 0 bridgehead atoms. The molecule has 0 fully saturated rings. The fourth-order valence-electron chi connectivity index (χ4n) is 2.63. The van der Waals surface area contributed by atoms with E-state index in [0.717, 1.165) is 24.1 Å². The van der Waals surface area contributed by atoms with Crippen molar-refractivity contribution in [2.45, 2.75) is 13.1 Å². The number of nitrogens with one attached hydrogen (secondary N) is 3. The van der Waals surface area contributed by atoms with E-state index in [2.05, 4.69) is 20.6 Å². The lowest BCUT2D eigenvalue weighted by Gasteiger charge is -2.04. The Labute approximate surface area is 121 Å². The van der Waals surface area contributed by atoms with Crippen molar-refractivity contribution in [3.05, 3.63) is 59.2 Å². The molecule has 2 heterocycles. The largest absolute Gasteiger partial charge is 0.324 e. The lowest BCUT2D eigenvalue weighted by molar-refractivity contribution is 0.102. The Balaban J connectivity index is 1.60. The SMILES string of the molecule is O=C(Nc1nc2ccccc2[nH]1)c1ccc2c(c1)CNC2. The van der Waals surface area contributed by atoms with Crippen molar-refractivity contribution in [2.75, 3.05) is 5.32 Å². The smallest absolute Gasteiger partial charge is 0.257 e. The zero-order valence-corrected chi connectivity index (χ0v) is 11.3. The Kier molecular flexibility index (Phi) is 2.72. The van der Waals surface area contributed by atoms with Crippen molar-refractivity contribution in [1.29, 1.82) is 0 Å². The molecule has 4 rings (SSSR count). The average molecular weight is 278 g/mol. The number of anilines is 1. The molecule has 0 unspecified atom stereocenters. The van der Waals surface area contributed by atoms with E-state index < -0.39 is 0 Å². The molecule has 1 amide bonds. The number of imidazole rings is 1. The highest BCUT2D eigenvalue weighted by Crippen LogP contribution is 2.18. The van der Waals surface area contributed by atoms with Crippen LogP contribution >= 0.6 is 0 Å². The van der Waals surface area contributed by atoms with E-state index >= 15 is 0 Å². The van der Waals surface area contributed by atoms with Gasteiger partial charge in [0.05, 0.1) is 11.0 Å². The van der Waals surface area contributed by atoms with E-state index in [9.17, 15) is 4.79 Å². The molecule has 5 heteroatoms. The summed E-state index contributed by atoms with van der Waals surface area (Å²) in [6.45, 7) is 1.70. The highest BCUT2D eigenvalue weighted by atomic mass is 16.1. The van der Waals surface area contributed by atoms with Gasteiger partial charge in [0.25, 0.3) is 5.91 Å². The number of H-pyrrole nitrogens is 1. The maximum atomic E-state index is 12.3. The Bertz CT molecular complexity index is 804.